The van der Waals surface area contributed by atoms with E-state index in [9.17, 15) is 28.4 Å². The van der Waals surface area contributed by atoms with Gasteiger partial charge in [0.15, 0.2) is 6.29 Å². The van der Waals surface area contributed by atoms with Crippen LogP contribution in [0.1, 0.15) is 39.2 Å². The minimum atomic E-state index is -3.84. The van der Waals surface area contributed by atoms with Crippen LogP contribution in [0.3, 0.4) is 0 Å². The van der Waals surface area contributed by atoms with Crippen LogP contribution < -0.4 is 5.32 Å². The molecule has 2 aromatic rings. The summed E-state index contributed by atoms with van der Waals surface area (Å²) in [7, 11) is -3.84. The summed E-state index contributed by atoms with van der Waals surface area (Å²) in [4.78, 5) is 23.4. The van der Waals surface area contributed by atoms with Gasteiger partial charge < -0.3 is 24.6 Å². The molecule has 2 aliphatic heterocycles. The van der Waals surface area contributed by atoms with E-state index in [1.807, 2.05) is 13.8 Å². The largest absolute Gasteiger partial charge is 0.508 e. The van der Waals surface area contributed by atoms with E-state index >= 15 is 0 Å². The monoisotopic (exact) mass is 579 g/mol. The third kappa shape index (κ3) is 7.90. The van der Waals surface area contributed by atoms with Crippen LogP contribution in [-0.4, -0.2) is 73.6 Å². The van der Waals surface area contributed by atoms with Crippen molar-refractivity contribution in [1.29, 1.82) is 0 Å². The van der Waals surface area contributed by atoms with Gasteiger partial charge in [-0.3, -0.25) is 10.1 Å². The van der Waals surface area contributed by atoms with Gasteiger partial charge in [0, 0.05) is 31.3 Å². The summed E-state index contributed by atoms with van der Waals surface area (Å²) < 4.78 is 44.2. The number of hydrogen-bond donors (Lipinski definition) is 2. The molecule has 4 rings (SSSR count). The van der Waals surface area contributed by atoms with Gasteiger partial charge in [0.25, 0.3) is 5.69 Å². The Morgan fingerprint density at radius 1 is 1.18 bits per heavy atom. The first kappa shape index (κ1) is 31.3. The predicted molar refractivity (Wildman–Crippen MR) is 146 cm³/mol. The van der Waals surface area contributed by atoms with Crippen molar-refractivity contribution < 1.29 is 37.5 Å². The van der Waals surface area contributed by atoms with Gasteiger partial charge in [-0.15, -0.1) is 0 Å². The zero-order valence-electron chi connectivity index (χ0n) is 22.9. The second kappa shape index (κ2) is 14.4. The molecular weight excluding hydrogens is 542 g/mol. The average molecular weight is 580 g/mol. The van der Waals surface area contributed by atoms with E-state index in [1.165, 1.54) is 40.7 Å². The number of rotatable bonds is 11. The average Bonchev–Trinajstić information content (AvgIpc) is 3.56. The number of alkyl carbamates (subject to hydrolysis) is 1. The normalized spacial score (nSPS) is 20.8. The number of nitrogens with zero attached hydrogens (tertiary/aromatic N) is 2. The molecule has 0 spiro atoms. The Labute approximate surface area is 234 Å². The highest BCUT2D eigenvalue weighted by atomic mass is 32.2. The lowest BCUT2D eigenvalue weighted by Crippen LogP contribution is -2.42. The number of nitrogens with one attached hydrogen (secondary N) is 1. The van der Waals surface area contributed by atoms with Crippen molar-refractivity contribution in [3.8, 4) is 5.75 Å². The number of sulfonamides is 1. The van der Waals surface area contributed by atoms with Crippen LogP contribution >= 0.6 is 0 Å². The third-order valence-electron chi connectivity index (χ3n) is 6.75. The van der Waals surface area contributed by atoms with Crippen molar-refractivity contribution in [3.63, 3.8) is 0 Å². The first-order chi connectivity index (χ1) is 19.2. The van der Waals surface area contributed by atoms with Gasteiger partial charge in [0.1, 0.15) is 11.9 Å². The number of amides is 1. The highest BCUT2D eigenvalue weighted by Crippen LogP contribution is 2.33. The molecule has 2 N–H and O–H groups in total. The first-order valence-electron chi connectivity index (χ1n) is 13.4. The summed E-state index contributed by atoms with van der Waals surface area (Å²) in [5.74, 6) is -0.0686. The Balaban J connectivity index is 0.00000216. The molecule has 0 bridgehead atoms. The molecule has 2 saturated heterocycles. The fourth-order valence-electron chi connectivity index (χ4n) is 4.66. The molecule has 2 fully saturated rings. The molecule has 1 amide bonds. The van der Waals surface area contributed by atoms with E-state index in [4.69, 9.17) is 14.2 Å². The van der Waals surface area contributed by atoms with Gasteiger partial charge in [-0.1, -0.05) is 32.9 Å². The van der Waals surface area contributed by atoms with Gasteiger partial charge >= 0.3 is 6.09 Å². The summed E-state index contributed by atoms with van der Waals surface area (Å²) in [6.45, 7) is 6.79. The minimum absolute atomic E-state index is 0.0279. The molecule has 0 aromatic heterocycles. The van der Waals surface area contributed by atoms with E-state index in [1.54, 1.807) is 19.1 Å². The fourth-order valence-corrected chi connectivity index (χ4v) is 6.13. The zero-order valence-corrected chi connectivity index (χ0v) is 23.7. The number of fused-ring (bicyclic) bond motifs is 1. The topological polar surface area (TPSA) is 158 Å². The molecule has 2 heterocycles. The van der Waals surface area contributed by atoms with Crippen LogP contribution in [0, 0.1) is 16.0 Å². The maximum atomic E-state index is 13.1. The first-order valence-corrected chi connectivity index (χ1v) is 14.8. The molecule has 0 radical (unpaired) electrons. The Morgan fingerprint density at radius 3 is 2.48 bits per heavy atom. The third-order valence-corrected chi connectivity index (χ3v) is 8.74. The molecule has 2 aromatic carbocycles. The standard InChI is InChI=1S/C25H31N3O9S.C2H6/c1-2-27(38(33,34)21-9-7-20(29)8-10-21)13-11-18(15-17-3-5-19(6-4-17)28(31)32)26-25(30)37-23-16-36-24-22(23)12-14-35-24;1-2/h3-10,18,22-24,29H,2,11-16H2,1H3,(H,26,30);1-2H3/t18-,22+,23+,24-;/m1./s1. The molecule has 40 heavy (non-hydrogen) atoms. The Hall–Kier alpha value is -3.26. The number of hydrogen-bond acceptors (Lipinski definition) is 9. The van der Waals surface area contributed by atoms with Gasteiger partial charge in [0.05, 0.1) is 29.0 Å². The number of carbonyl (C=O) groups excluding carboxylic acids is 1. The van der Waals surface area contributed by atoms with Crippen molar-refractivity contribution >= 4 is 21.8 Å². The molecule has 0 saturated carbocycles. The van der Waals surface area contributed by atoms with E-state index in [0.717, 1.165) is 12.0 Å². The molecule has 4 atom stereocenters. The Kier molecular flexibility index (Phi) is 11.3. The minimum Gasteiger partial charge on any atom is -0.508 e. The van der Waals surface area contributed by atoms with Crippen molar-refractivity contribution in [1.82, 2.24) is 9.62 Å². The molecule has 0 unspecified atom stereocenters. The van der Waals surface area contributed by atoms with Gasteiger partial charge in [0.2, 0.25) is 10.0 Å². The number of phenolic OH excluding ortho intramolecular Hbond substituents is 1. The van der Waals surface area contributed by atoms with Gasteiger partial charge in [-0.2, -0.15) is 4.31 Å². The molecule has 12 nitrogen and oxygen atoms in total. The second-order valence-electron chi connectivity index (χ2n) is 9.22. The highest BCUT2D eigenvalue weighted by molar-refractivity contribution is 7.89. The molecule has 2 aliphatic rings. The summed E-state index contributed by atoms with van der Waals surface area (Å²) in [6, 6.07) is 10.7. The van der Waals surface area contributed by atoms with Crippen LogP contribution in [0.2, 0.25) is 0 Å². The highest BCUT2D eigenvalue weighted by Gasteiger charge is 2.44. The number of ether oxygens (including phenoxy) is 3. The number of benzene rings is 2. The quantitative estimate of drug-likeness (QED) is 0.298. The Bertz CT molecular complexity index is 1220. The van der Waals surface area contributed by atoms with Crippen molar-refractivity contribution in [2.24, 2.45) is 5.92 Å². The number of carbonyl (C=O) groups is 1. The van der Waals surface area contributed by atoms with Crippen LogP contribution in [0.25, 0.3) is 0 Å². The lowest BCUT2D eigenvalue weighted by molar-refractivity contribution is -0.384. The molecule has 0 aliphatic carbocycles. The Morgan fingerprint density at radius 2 is 1.85 bits per heavy atom. The van der Waals surface area contributed by atoms with Gasteiger partial charge in [-0.05, 0) is 49.1 Å². The summed E-state index contributed by atoms with van der Waals surface area (Å²) in [5, 5.41) is 23.3. The summed E-state index contributed by atoms with van der Waals surface area (Å²) >= 11 is 0. The predicted octanol–water partition coefficient (Wildman–Crippen LogP) is 3.83. The number of non-ortho nitro benzene ring substituents is 1. The fraction of sp³-hybridized carbons (Fsp3) is 0.519. The molecular formula is C27H37N3O9S. The zero-order chi connectivity index (χ0) is 29.3. The second-order valence-corrected chi connectivity index (χ2v) is 11.2. The number of phenols is 1. The van der Waals surface area contributed by atoms with Crippen molar-refractivity contribution in [2.75, 3.05) is 26.3 Å². The summed E-state index contributed by atoms with van der Waals surface area (Å²) in [6.07, 6.45) is -0.164. The van der Waals surface area contributed by atoms with E-state index < -0.39 is 33.2 Å². The number of nitro groups is 1. The van der Waals surface area contributed by atoms with Crippen LogP contribution in [0.15, 0.2) is 53.4 Å². The van der Waals surface area contributed by atoms with Crippen molar-refractivity contribution in [3.05, 3.63) is 64.2 Å². The van der Waals surface area contributed by atoms with Crippen LogP contribution in [0.5, 0.6) is 5.75 Å². The maximum Gasteiger partial charge on any atom is 0.407 e. The maximum absolute atomic E-state index is 13.1. The van der Waals surface area contributed by atoms with Crippen molar-refractivity contribution in [2.45, 2.75) is 63.4 Å². The smallest absolute Gasteiger partial charge is 0.407 e. The molecule has 13 heteroatoms. The van der Waals surface area contributed by atoms with Gasteiger partial charge in [-0.25, -0.2) is 13.2 Å². The number of nitro benzene ring substituents is 1. The van der Waals surface area contributed by atoms with E-state index in [2.05, 4.69) is 5.32 Å². The SMILES string of the molecule is CC.CCN(CC[C@H](Cc1ccc([N+](=O)[O-])cc1)NC(=O)O[C@H]1CO[C@H]2OCC[C@H]21)S(=O)(=O)c1ccc(O)cc1. The van der Waals surface area contributed by atoms with E-state index in [-0.39, 0.29) is 54.7 Å². The molecule has 220 valence electrons. The van der Waals surface area contributed by atoms with E-state index in [0.29, 0.717) is 13.0 Å². The number of aromatic hydroxyl groups is 1. The lowest BCUT2D eigenvalue weighted by Gasteiger charge is -2.25. The van der Waals surface area contributed by atoms with Crippen LogP contribution in [0.4, 0.5) is 10.5 Å². The lowest BCUT2D eigenvalue weighted by atomic mass is 10.0. The summed E-state index contributed by atoms with van der Waals surface area (Å²) in [5.41, 5.74) is 0.684. The van der Waals surface area contributed by atoms with Crippen LogP contribution in [-0.2, 0) is 30.7 Å².